The number of nitrogens with zero attached hydrogens (tertiary/aromatic N) is 6. The van der Waals surface area contributed by atoms with E-state index in [0.29, 0.717) is 15.7 Å². The molecule has 2 aromatic heterocycles. The summed E-state index contributed by atoms with van der Waals surface area (Å²) in [5.41, 5.74) is 2.51. The van der Waals surface area contributed by atoms with E-state index >= 15 is 0 Å². The molecule has 0 fully saturated rings. The average Bonchev–Trinajstić information content (AvgIpc) is 3.45. The molecule has 1 aliphatic rings. The number of imidazole rings is 1. The van der Waals surface area contributed by atoms with Crippen LogP contribution in [0.15, 0.2) is 65.0 Å². The molecular weight excluding hydrogens is 454 g/mol. The number of carbonyl (C=O) groups is 1. The second-order valence-corrected chi connectivity index (χ2v) is 9.00. The largest absolute Gasteiger partial charge is 0.334 e. The van der Waals surface area contributed by atoms with Crippen molar-refractivity contribution in [3.63, 3.8) is 0 Å². The lowest BCUT2D eigenvalue weighted by molar-refractivity contribution is -0.387. The van der Waals surface area contributed by atoms with Crippen LogP contribution in [0.5, 0.6) is 0 Å². The van der Waals surface area contributed by atoms with Gasteiger partial charge in [0, 0.05) is 49.1 Å². The van der Waals surface area contributed by atoms with Crippen molar-refractivity contribution in [1.82, 2.24) is 24.3 Å². The number of anilines is 1. The molecule has 3 heterocycles. The Labute approximate surface area is 199 Å². The van der Waals surface area contributed by atoms with Crippen LogP contribution in [0.1, 0.15) is 29.0 Å². The molecular formula is C23H21N7O3S. The molecule has 1 aliphatic heterocycles. The number of nitro groups is 1. The van der Waals surface area contributed by atoms with Crippen LogP contribution >= 0.6 is 11.8 Å². The van der Waals surface area contributed by atoms with E-state index in [1.807, 2.05) is 12.1 Å². The van der Waals surface area contributed by atoms with Crippen molar-refractivity contribution < 1.29 is 9.72 Å². The highest BCUT2D eigenvalue weighted by Crippen LogP contribution is 2.34. The minimum atomic E-state index is -0.505. The van der Waals surface area contributed by atoms with Crippen LogP contribution in [0, 0.1) is 10.1 Å². The molecule has 0 aliphatic carbocycles. The van der Waals surface area contributed by atoms with Gasteiger partial charge in [-0.25, -0.2) is 4.98 Å². The van der Waals surface area contributed by atoms with Gasteiger partial charge in [0.25, 0.3) is 11.6 Å². The second-order valence-electron chi connectivity index (χ2n) is 7.99. The Morgan fingerprint density at radius 3 is 2.71 bits per heavy atom. The average molecular weight is 476 g/mol. The second kappa shape index (κ2) is 9.10. The summed E-state index contributed by atoms with van der Waals surface area (Å²) < 4.78 is 3.87. The summed E-state index contributed by atoms with van der Waals surface area (Å²) in [6.45, 7) is 0.999. The molecule has 0 bridgehead atoms. The summed E-state index contributed by atoms with van der Waals surface area (Å²) in [6.07, 6.45) is 6.92. The molecule has 2 aromatic carbocycles. The van der Waals surface area contributed by atoms with Crippen LogP contribution < -0.4 is 5.32 Å². The zero-order valence-electron chi connectivity index (χ0n) is 18.3. The van der Waals surface area contributed by atoms with Gasteiger partial charge in [0.15, 0.2) is 5.16 Å². The summed E-state index contributed by atoms with van der Waals surface area (Å²) >= 11 is 1.12. The predicted molar refractivity (Wildman–Crippen MR) is 127 cm³/mol. The summed E-state index contributed by atoms with van der Waals surface area (Å²) in [4.78, 5) is 29.0. The SMILES string of the molecule is Cn1cnnc1Sc1ccc(C(=O)Nc2ccc(-c3cn4c(n3)CCCC4)cc2)cc1[N+](=O)[O-]. The molecule has 5 rings (SSSR count). The van der Waals surface area contributed by atoms with Crippen LogP contribution in [-0.2, 0) is 20.0 Å². The number of nitro benzene ring substituents is 1. The van der Waals surface area contributed by atoms with Gasteiger partial charge in [-0.2, -0.15) is 0 Å². The molecule has 1 amide bonds. The lowest BCUT2D eigenvalue weighted by Crippen LogP contribution is -2.12. The number of aryl methyl sites for hydroxylation is 3. The first-order valence-corrected chi connectivity index (χ1v) is 11.6. The predicted octanol–water partition coefficient (Wildman–Crippen LogP) is 4.33. The highest BCUT2D eigenvalue weighted by atomic mass is 32.2. The van der Waals surface area contributed by atoms with Crippen LogP contribution in [-0.4, -0.2) is 35.1 Å². The van der Waals surface area contributed by atoms with Gasteiger partial charge in [-0.05, 0) is 48.9 Å². The van der Waals surface area contributed by atoms with Crippen LogP contribution in [0.2, 0.25) is 0 Å². The highest BCUT2D eigenvalue weighted by Gasteiger charge is 2.20. The third-order valence-electron chi connectivity index (χ3n) is 5.64. The van der Waals surface area contributed by atoms with Gasteiger partial charge in [-0.3, -0.25) is 14.9 Å². The van der Waals surface area contributed by atoms with E-state index in [-0.39, 0.29) is 11.3 Å². The maximum atomic E-state index is 12.8. The van der Waals surface area contributed by atoms with Crippen LogP contribution in [0.3, 0.4) is 0 Å². The molecule has 11 heteroatoms. The first kappa shape index (κ1) is 21.8. The Morgan fingerprint density at radius 2 is 2.00 bits per heavy atom. The third kappa shape index (κ3) is 4.42. The Kier molecular flexibility index (Phi) is 5.84. The fourth-order valence-corrected chi connectivity index (χ4v) is 4.68. The maximum Gasteiger partial charge on any atom is 0.284 e. The monoisotopic (exact) mass is 475 g/mol. The summed E-state index contributed by atoms with van der Waals surface area (Å²) in [5.74, 6) is 0.685. The fraction of sp³-hybridized carbons (Fsp3) is 0.217. The lowest BCUT2D eigenvalue weighted by atomic mass is 10.1. The molecule has 172 valence electrons. The molecule has 0 saturated carbocycles. The van der Waals surface area contributed by atoms with Crippen molar-refractivity contribution in [3.05, 3.63) is 76.5 Å². The third-order valence-corrected chi connectivity index (χ3v) is 6.75. The normalized spacial score (nSPS) is 12.9. The number of hydrogen-bond acceptors (Lipinski definition) is 7. The van der Waals surface area contributed by atoms with E-state index in [2.05, 4.69) is 26.3 Å². The number of rotatable bonds is 6. The van der Waals surface area contributed by atoms with Crippen LogP contribution in [0.25, 0.3) is 11.3 Å². The molecule has 34 heavy (non-hydrogen) atoms. The van der Waals surface area contributed by atoms with Gasteiger partial charge in [0.1, 0.15) is 12.2 Å². The van der Waals surface area contributed by atoms with Gasteiger partial charge >= 0.3 is 0 Å². The van der Waals surface area contributed by atoms with Crippen LogP contribution in [0.4, 0.5) is 11.4 Å². The number of benzene rings is 2. The lowest BCUT2D eigenvalue weighted by Gasteiger charge is -2.11. The van der Waals surface area contributed by atoms with Gasteiger partial charge in [-0.15, -0.1) is 10.2 Å². The van der Waals surface area contributed by atoms with Crippen molar-refractivity contribution in [1.29, 1.82) is 0 Å². The molecule has 0 atom stereocenters. The standard InChI is InChI=1S/C23H21N7O3S/c1-28-14-24-27-23(28)34-20-10-7-16(12-19(20)30(32)33)22(31)25-17-8-5-15(6-9-17)18-13-29-11-3-2-4-21(29)26-18/h5-10,12-14H,2-4,11H2,1H3,(H,25,31). The topological polar surface area (TPSA) is 121 Å². The molecule has 10 nitrogen and oxygen atoms in total. The summed E-state index contributed by atoms with van der Waals surface area (Å²) in [6, 6.07) is 11.8. The Hall–Kier alpha value is -3.99. The van der Waals surface area contributed by atoms with E-state index < -0.39 is 10.8 Å². The molecule has 0 radical (unpaired) electrons. The number of amides is 1. The number of nitrogens with one attached hydrogen (secondary N) is 1. The van der Waals surface area contributed by atoms with E-state index in [4.69, 9.17) is 4.98 Å². The Bertz CT molecular complexity index is 1350. The van der Waals surface area contributed by atoms with Gasteiger partial charge in [-0.1, -0.05) is 12.1 Å². The first-order valence-electron chi connectivity index (χ1n) is 10.8. The van der Waals surface area contributed by atoms with E-state index in [1.54, 1.807) is 35.9 Å². The number of aromatic nitrogens is 5. The Morgan fingerprint density at radius 1 is 1.18 bits per heavy atom. The Balaban J connectivity index is 1.31. The molecule has 4 aromatic rings. The van der Waals surface area contributed by atoms with Gasteiger partial charge in [0.2, 0.25) is 0 Å². The number of fused-ring (bicyclic) bond motifs is 1. The zero-order chi connectivity index (χ0) is 23.7. The first-order chi connectivity index (χ1) is 16.5. The highest BCUT2D eigenvalue weighted by molar-refractivity contribution is 7.99. The van der Waals surface area contributed by atoms with E-state index in [1.165, 1.54) is 25.2 Å². The summed E-state index contributed by atoms with van der Waals surface area (Å²) in [7, 11) is 1.75. The zero-order valence-corrected chi connectivity index (χ0v) is 19.2. The van der Waals surface area contributed by atoms with Crippen molar-refractivity contribution in [2.45, 2.75) is 35.9 Å². The quantitative estimate of drug-likeness (QED) is 0.325. The fourth-order valence-electron chi connectivity index (χ4n) is 3.83. The van der Waals surface area contributed by atoms with E-state index in [0.717, 1.165) is 41.8 Å². The van der Waals surface area contributed by atoms with Gasteiger partial charge in [0.05, 0.1) is 15.5 Å². The maximum absolute atomic E-state index is 12.8. The van der Waals surface area contributed by atoms with Crippen molar-refractivity contribution in [3.8, 4) is 11.3 Å². The smallest absolute Gasteiger partial charge is 0.284 e. The molecule has 0 unspecified atom stereocenters. The van der Waals surface area contributed by atoms with E-state index in [9.17, 15) is 14.9 Å². The minimum Gasteiger partial charge on any atom is -0.334 e. The molecule has 1 N–H and O–H groups in total. The number of hydrogen-bond donors (Lipinski definition) is 1. The number of carbonyl (C=O) groups excluding carboxylic acids is 1. The van der Waals surface area contributed by atoms with Crippen molar-refractivity contribution >= 4 is 29.0 Å². The van der Waals surface area contributed by atoms with Gasteiger partial charge < -0.3 is 14.5 Å². The minimum absolute atomic E-state index is 0.167. The molecule has 0 saturated heterocycles. The van der Waals surface area contributed by atoms with Crippen molar-refractivity contribution in [2.24, 2.45) is 7.05 Å². The van der Waals surface area contributed by atoms with Crippen molar-refractivity contribution in [2.75, 3.05) is 5.32 Å². The molecule has 0 spiro atoms. The summed E-state index contributed by atoms with van der Waals surface area (Å²) in [5, 5.41) is 22.7.